The number of pyridine rings is 2. The molecule has 11 heteroatoms. The molecular weight excluding hydrogens is 467 g/mol. The Morgan fingerprint density at radius 3 is 2.62 bits per heavy atom. The van der Waals surface area contributed by atoms with Crippen LogP contribution in [0.25, 0.3) is 0 Å². The van der Waals surface area contributed by atoms with E-state index in [0.717, 1.165) is 29.3 Å². The first-order chi connectivity index (χ1) is 16.2. The van der Waals surface area contributed by atoms with Crippen molar-refractivity contribution < 1.29 is 22.5 Å². The highest BCUT2D eigenvalue weighted by molar-refractivity contribution is 7.98. The highest BCUT2D eigenvalue weighted by Gasteiger charge is 2.31. The molecule has 34 heavy (non-hydrogen) atoms. The van der Waals surface area contributed by atoms with Gasteiger partial charge in [0.25, 0.3) is 5.91 Å². The summed E-state index contributed by atoms with van der Waals surface area (Å²) in [7, 11) is 0. The highest BCUT2D eigenvalue weighted by Crippen LogP contribution is 2.30. The number of thioether (sulfide) groups is 1. The summed E-state index contributed by atoms with van der Waals surface area (Å²) in [5, 5.41) is 4.61. The van der Waals surface area contributed by atoms with Gasteiger partial charge in [0.1, 0.15) is 16.6 Å². The van der Waals surface area contributed by atoms with Crippen molar-refractivity contribution in [2.24, 2.45) is 0 Å². The van der Waals surface area contributed by atoms with Gasteiger partial charge in [-0.3, -0.25) is 4.79 Å². The molecule has 1 saturated heterocycles. The number of anilines is 1. The Kier molecular flexibility index (Phi) is 7.11. The zero-order valence-corrected chi connectivity index (χ0v) is 19.6. The summed E-state index contributed by atoms with van der Waals surface area (Å²) >= 11 is 1.46. The number of amides is 1. The van der Waals surface area contributed by atoms with Gasteiger partial charge >= 0.3 is 6.18 Å². The van der Waals surface area contributed by atoms with Crippen LogP contribution in [0, 0.1) is 13.8 Å². The quantitative estimate of drug-likeness (QED) is 0.477. The second-order valence-electron chi connectivity index (χ2n) is 7.98. The monoisotopic (exact) mass is 491 g/mol. The van der Waals surface area contributed by atoms with Crippen molar-refractivity contribution in [2.45, 2.75) is 37.2 Å². The molecule has 1 fully saturated rings. The lowest BCUT2D eigenvalue weighted by Gasteiger charge is -2.23. The minimum atomic E-state index is -4.42. The van der Waals surface area contributed by atoms with Crippen LogP contribution in [0.1, 0.15) is 39.4 Å². The first-order valence-electron chi connectivity index (χ1n) is 10.8. The topological polar surface area (TPSA) is 75.4 Å². The third-order valence-electron chi connectivity index (χ3n) is 5.72. The van der Waals surface area contributed by atoms with E-state index in [4.69, 9.17) is 4.52 Å². The Hall–Kier alpha value is -3.08. The molecule has 1 amide bonds. The minimum absolute atomic E-state index is 0.114. The lowest BCUT2D eigenvalue weighted by atomic mass is 10.2. The number of hydrogen-bond donors (Lipinski definition) is 0. The number of alkyl halides is 3. The van der Waals surface area contributed by atoms with Crippen molar-refractivity contribution in [3.63, 3.8) is 0 Å². The number of rotatable bonds is 5. The Balaban J connectivity index is 1.43. The van der Waals surface area contributed by atoms with E-state index in [9.17, 15) is 18.0 Å². The fourth-order valence-corrected chi connectivity index (χ4v) is 4.92. The van der Waals surface area contributed by atoms with Crippen molar-refractivity contribution in [3.05, 3.63) is 64.8 Å². The molecule has 0 N–H and O–H groups in total. The molecule has 0 saturated carbocycles. The summed E-state index contributed by atoms with van der Waals surface area (Å²) in [6.45, 7) is 5.79. The Morgan fingerprint density at radius 2 is 1.94 bits per heavy atom. The molecular formula is C23H24F3N5O2S. The maximum atomic E-state index is 13.3. The molecule has 0 bridgehead atoms. The highest BCUT2D eigenvalue weighted by atomic mass is 32.2. The van der Waals surface area contributed by atoms with Crippen LogP contribution in [0.2, 0.25) is 0 Å². The van der Waals surface area contributed by atoms with Gasteiger partial charge in [0.2, 0.25) is 0 Å². The molecule has 7 nitrogen and oxygen atoms in total. The molecule has 180 valence electrons. The molecule has 0 aliphatic carbocycles. The first-order valence-corrected chi connectivity index (χ1v) is 11.8. The lowest BCUT2D eigenvalue weighted by molar-refractivity contribution is -0.137. The van der Waals surface area contributed by atoms with Crippen molar-refractivity contribution in [1.29, 1.82) is 0 Å². The van der Waals surface area contributed by atoms with E-state index in [1.54, 1.807) is 23.2 Å². The summed E-state index contributed by atoms with van der Waals surface area (Å²) < 4.78 is 43.7. The van der Waals surface area contributed by atoms with Gasteiger partial charge in [-0.1, -0.05) is 5.16 Å². The van der Waals surface area contributed by atoms with E-state index in [0.29, 0.717) is 54.8 Å². The summed E-state index contributed by atoms with van der Waals surface area (Å²) in [6.07, 6.45) is -1.23. The predicted molar refractivity (Wildman–Crippen MR) is 122 cm³/mol. The van der Waals surface area contributed by atoms with Gasteiger partial charge in [0.15, 0.2) is 0 Å². The third kappa shape index (κ3) is 5.35. The molecule has 1 aliphatic heterocycles. The van der Waals surface area contributed by atoms with Gasteiger partial charge in [-0.15, -0.1) is 11.8 Å². The van der Waals surface area contributed by atoms with E-state index in [1.165, 1.54) is 17.8 Å². The van der Waals surface area contributed by atoms with Crippen molar-refractivity contribution in [3.8, 4) is 0 Å². The van der Waals surface area contributed by atoms with Gasteiger partial charge in [-0.2, -0.15) is 13.2 Å². The molecule has 3 aromatic rings. The third-order valence-corrected chi connectivity index (χ3v) is 6.75. The number of halogens is 3. The lowest BCUT2D eigenvalue weighted by Crippen LogP contribution is -2.35. The number of aryl methyl sites for hydroxylation is 2. The summed E-state index contributed by atoms with van der Waals surface area (Å²) in [5.41, 5.74) is 1.56. The number of hydrogen-bond acceptors (Lipinski definition) is 7. The second kappa shape index (κ2) is 10.0. The molecule has 0 atom stereocenters. The molecule has 4 rings (SSSR count). The molecule has 0 unspecified atom stereocenters. The molecule has 1 aliphatic rings. The summed E-state index contributed by atoms with van der Waals surface area (Å²) in [6, 6.07) is 5.92. The second-order valence-corrected chi connectivity index (χ2v) is 8.95. The number of nitrogens with zero attached hydrogens (tertiary/aromatic N) is 5. The van der Waals surface area contributed by atoms with Gasteiger partial charge in [0, 0.05) is 49.9 Å². The number of carbonyl (C=O) groups excluding carboxylic acids is 1. The molecule has 0 spiro atoms. The number of carbonyl (C=O) groups is 1. The van der Waals surface area contributed by atoms with Crippen molar-refractivity contribution in [2.75, 3.05) is 31.1 Å². The first kappa shape index (κ1) is 24.1. The summed E-state index contributed by atoms with van der Waals surface area (Å²) in [5.74, 6) is 1.69. The summed E-state index contributed by atoms with van der Waals surface area (Å²) in [4.78, 5) is 25.4. The van der Waals surface area contributed by atoms with Crippen molar-refractivity contribution in [1.82, 2.24) is 20.0 Å². The Labute approximate surface area is 199 Å². The van der Waals surface area contributed by atoms with Gasteiger partial charge in [0.05, 0.1) is 16.8 Å². The maximum Gasteiger partial charge on any atom is 0.417 e. The van der Waals surface area contributed by atoms with Gasteiger partial charge in [-0.25, -0.2) is 9.97 Å². The fraction of sp³-hybridized carbons (Fsp3) is 0.391. The Bertz CT molecular complexity index is 1130. The smallest absolute Gasteiger partial charge is 0.361 e. The SMILES string of the molecule is Cc1noc(C)c1CSc1ncccc1C(=O)N1CCCN(c2ccc(C(F)(F)F)cn2)CC1. The zero-order chi connectivity index (χ0) is 24.3. The van der Waals surface area contributed by atoms with Crippen LogP contribution in [0.15, 0.2) is 46.2 Å². The fourth-order valence-electron chi connectivity index (χ4n) is 3.78. The average Bonchev–Trinajstić information content (AvgIpc) is 3.01. The van der Waals surface area contributed by atoms with Crippen LogP contribution in [-0.4, -0.2) is 52.1 Å². The van der Waals surface area contributed by atoms with E-state index < -0.39 is 11.7 Å². The van der Waals surface area contributed by atoms with Crippen LogP contribution in [0.3, 0.4) is 0 Å². The minimum Gasteiger partial charge on any atom is -0.361 e. The van der Waals surface area contributed by atoms with Crippen LogP contribution >= 0.6 is 11.8 Å². The van der Waals surface area contributed by atoms with Gasteiger partial charge < -0.3 is 14.3 Å². The zero-order valence-electron chi connectivity index (χ0n) is 18.8. The van der Waals surface area contributed by atoms with Crippen LogP contribution in [0.5, 0.6) is 0 Å². The normalized spacial score (nSPS) is 14.9. The van der Waals surface area contributed by atoms with Gasteiger partial charge in [-0.05, 0) is 44.5 Å². The van der Waals surface area contributed by atoms with E-state index in [1.807, 2.05) is 18.7 Å². The predicted octanol–water partition coefficient (Wildman–Crippen LogP) is 4.75. The van der Waals surface area contributed by atoms with Crippen molar-refractivity contribution >= 4 is 23.5 Å². The molecule has 4 heterocycles. The average molecular weight is 492 g/mol. The Morgan fingerprint density at radius 1 is 1.12 bits per heavy atom. The van der Waals surface area contributed by atoms with E-state index in [-0.39, 0.29) is 5.91 Å². The van der Waals surface area contributed by atoms with Crippen LogP contribution in [0.4, 0.5) is 19.0 Å². The van der Waals surface area contributed by atoms with E-state index >= 15 is 0 Å². The molecule has 3 aromatic heterocycles. The van der Waals surface area contributed by atoms with Crippen LogP contribution < -0.4 is 4.90 Å². The molecule has 0 radical (unpaired) electrons. The van der Waals surface area contributed by atoms with E-state index in [2.05, 4.69) is 15.1 Å². The van der Waals surface area contributed by atoms with Crippen LogP contribution in [-0.2, 0) is 11.9 Å². The molecule has 0 aromatic carbocycles. The number of aromatic nitrogens is 3. The standard InChI is InChI=1S/C23H24F3N5O2S/c1-15-19(16(2)33-29-15)14-34-21-18(5-3-8-27-21)22(32)31-10-4-9-30(11-12-31)20-7-6-17(13-28-20)23(24,25)26/h3,5-8,13H,4,9-12,14H2,1-2H3. The largest absolute Gasteiger partial charge is 0.417 e. The maximum absolute atomic E-state index is 13.3.